The first-order valence-electron chi connectivity index (χ1n) is 7.40. The van der Waals surface area contributed by atoms with Gasteiger partial charge in [-0.3, -0.25) is 19.5 Å². The molecular weight excluding hydrogens is 330 g/mol. The maximum atomic E-state index is 12.4. The zero-order chi connectivity index (χ0) is 17.4. The number of nitrogens with zero attached hydrogens (tertiary/aromatic N) is 2. The molecule has 2 aliphatic rings. The molecule has 0 aromatic heterocycles. The number of amides is 2. The largest absolute Gasteiger partial charge is 0.477 e. The predicted octanol–water partition coefficient (Wildman–Crippen LogP) is 0.574. The van der Waals surface area contributed by atoms with E-state index in [0.717, 1.165) is 10.6 Å². The van der Waals surface area contributed by atoms with E-state index in [2.05, 4.69) is 0 Å². The molecule has 2 heterocycles. The molecule has 2 aliphatic heterocycles. The summed E-state index contributed by atoms with van der Waals surface area (Å²) in [4.78, 5) is 37.3. The molecular formula is C16H17N3O4S. The van der Waals surface area contributed by atoms with Gasteiger partial charge < -0.3 is 5.11 Å². The number of β-lactam (4-membered cyclic amide) rings is 1. The molecule has 1 fully saturated rings. The van der Waals surface area contributed by atoms with E-state index in [9.17, 15) is 19.5 Å². The molecule has 0 radical (unpaired) electrons. The molecule has 1 aromatic rings. The van der Waals surface area contributed by atoms with E-state index in [0.29, 0.717) is 11.3 Å². The van der Waals surface area contributed by atoms with Crippen molar-refractivity contribution >= 4 is 29.5 Å². The van der Waals surface area contributed by atoms with Gasteiger partial charge in [-0.15, -0.1) is 11.8 Å². The molecule has 0 saturated carbocycles. The monoisotopic (exact) mass is 347 g/mol. The normalized spacial score (nSPS) is 22.8. The van der Waals surface area contributed by atoms with Gasteiger partial charge in [-0.1, -0.05) is 30.3 Å². The van der Waals surface area contributed by atoms with Crippen LogP contribution in [0.1, 0.15) is 12.5 Å². The lowest BCUT2D eigenvalue weighted by Gasteiger charge is -2.51. The molecule has 1 unspecified atom stereocenters. The molecule has 3 rings (SSSR count). The first-order valence-corrected chi connectivity index (χ1v) is 8.45. The summed E-state index contributed by atoms with van der Waals surface area (Å²) in [5.74, 6) is 4.42. The van der Waals surface area contributed by atoms with E-state index < -0.39 is 23.3 Å². The number of carboxylic acids is 1. The number of carbonyl (C=O) groups excluding carboxylic acids is 2. The van der Waals surface area contributed by atoms with Crippen LogP contribution in [-0.2, 0) is 20.8 Å². The van der Waals surface area contributed by atoms with E-state index in [1.165, 1.54) is 16.7 Å². The Morgan fingerprint density at radius 3 is 2.67 bits per heavy atom. The number of fused-ring (bicyclic) bond motifs is 1. The van der Waals surface area contributed by atoms with E-state index in [1.807, 2.05) is 30.3 Å². The molecule has 1 saturated heterocycles. The number of thioether (sulfide) groups is 1. The zero-order valence-corrected chi connectivity index (χ0v) is 13.8. The van der Waals surface area contributed by atoms with E-state index in [1.54, 1.807) is 6.92 Å². The van der Waals surface area contributed by atoms with E-state index >= 15 is 0 Å². The average molecular weight is 347 g/mol. The molecule has 126 valence electrons. The van der Waals surface area contributed by atoms with Crippen LogP contribution in [0.4, 0.5) is 0 Å². The molecule has 8 heteroatoms. The summed E-state index contributed by atoms with van der Waals surface area (Å²) in [6.07, 6.45) is 0.0964. The van der Waals surface area contributed by atoms with Gasteiger partial charge in [0.2, 0.25) is 5.91 Å². The fourth-order valence-electron chi connectivity index (χ4n) is 2.90. The Bertz CT molecular complexity index is 734. The maximum absolute atomic E-state index is 12.4. The third kappa shape index (κ3) is 2.67. The fraction of sp³-hybridized carbons (Fsp3) is 0.312. The number of hydrogen-bond acceptors (Lipinski definition) is 5. The molecule has 0 bridgehead atoms. The van der Waals surface area contributed by atoms with E-state index in [-0.39, 0.29) is 18.0 Å². The topological polar surface area (TPSA) is 104 Å². The van der Waals surface area contributed by atoms with Gasteiger partial charge in [0.1, 0.15) is 11.1 Å². The van der Waals surface area contributed by atoms with Crippen LogP contribution in [0, 0.1) is 0 Å². The smallest absolute Gasteiger partial charge is 0.352 e. The standard InChI is InChI=1S/C16H17N3O4S/c1-9-8-24-15-13(14(21)18(15)12(9)16(22)23)19(17)11(20)7-10-5-3-2-4-6-10/h2-6,13,15H,7-8,17H2,1H3,(H,22,23)/t13?,15-/m1/s1. The lowest BCUT2D eigenvalue weighted by atomic mass is 10.0. The highest BCUT2D eigenvalue weighted by molar-refractivity contribution is 8.00. The van der Waals surface area contributed by atoms with Crippen molar-refractivity contribution in [1.82, 2.24) is 9.91 Å². The summed E-state index contributed by atoms with van der Waals surface area (Å²) < 4.78 is 0. The molecule has 2 atom stereocenters. The highest BCUT2D eigenvalue weighted by atomic mass is 32.2. The molecule has 0 spiro atoms. The van der Waals surface area contributed by atoms with Crippen LogP contribution in [0.5, 0.6) is 0 Å². The van der Waals surface area contributed by atoms with Gasteiger partial charge in [0, 0.05) is 5.75 Å². The lowest BCUT2D eigenvalue weighted by molar-refractivity contribution is -0.160. The van der Waals surface area contributed by atoms with E-state index in [4.69, 9.17) is 5.84 Å². The van der Waals surface area contributed by atoms with Gasteiger partial charge in [-0.25, -0.2) is 10.6 Å². The summed E-state index contributed by atoms with van der Waals surface area (Å²) in [5.41, 5.74) is 1.44. The highest BCUT2D eigenvalue weighted by Crippen LogP contribution is 2.41. The Labute approximate surface area is 143 Å². The second kappa shape index (κ2) is 6.29. The van der Waals surface area contributed by atoms with Crippen molar-refractivity contribution in [2.24, 2.45) is 5.84 Å². The Morgan fingerprint density at radius 2 is 2.04 bits per heavy atom. The number of hydrazine groups is 1. The molecule has 0 aliphatic carbocycles. The number of aliphatic carboxylic acids is 1. The van der Waals surface area contributed by atoms with Crippen molar-refractivity contribution in [3.8, 4) is 0 Å². The second-order valence-electron chi connectivity index (χ2n) is 5.75. The quantitative estimate of drug-likeness (QED) is 0.357. The average Bonchev–Trinajstić information content (AvgIpc) is 2.55. The Kier molecular flexibility index (Phi) is 4.33. The van der Waals surface area contributed by atoms with Gasteiger partial charge in [-0.05, 0) is 18.1 Å². The van der Waals surface area contributed by atoms with Crippen molar-refractivity contribution in [2.75, 3.05) is 5.75 Å². The summed E-state index contributed by atoms with van der Waals surface area (Å²) in [6, 6.07) is 8.29. The third-order valence-corrected chi connectivity index (χ3v) is 5.53. The van der Waals surface area contributed by atoms with Crippen LogP contribution in [0.2, 0.25) is 0 Å². The first-order chi connectivity index (χ1) is 11.4. The number of benzene rings is 1. The minimum absolute atomic E-state index is 0.00362. The number of hydrogen-bond donors (Lipinski definition) is 2. The number of carbonyl (C=O) groups is 3. The fourth-order valence-corrected chi connectivity index (χ4v) is 4.24. The Hall–Kier alpha value is -2.32. The number of carboxylic acid groups (broad SMARTS) is 1. The number of nitrogens with two attached hydrogens (primary N) is 1. The molecule has 7 nitrogen and oxygen atoms in total. The SMILES string of the molecule is CC1=C(C(=O)O)N2C(=O)C(N(N)C(=O)Cc3ccccc3)[C@H]2SC1. The lowest BCUT2D eigenvalue weighted by Crippen LogP contribution is -2.72. The molecule has 3 N–H and O–H groups in total. The van der Waals surface area contributed by atoms with Crippen molar-refractivity contribution < 1.29 is 19.5 Å². The molecule has 2 amide bonds. The van der Waals surface area contributed by atoms with Gasteiger partial charge in [0.25, 0.3) is 5.91 Å². The maximum Gasteiger partial charge on any atom is 0.352 e. The third-order valence-electron chi connectivity index (χ3n) is 4.12. The van der Waals surface area contributed by atoms with Gasteiger partial charge in [0.15, 0.2) is 6.04 Å². The van der Waals surface area contributed by atoms with Gasteiger partial charge in [0.05, 0.1) is 6.42 Å². The second-order valence-corrected chi connectivity index (χ2v) is 6.86. The highest BCUT2D eigenvalue weighted by Gasteiger charge is 2.56. The van der Waals surface area contributed by atoms with Crippen LogP contribution >= 0.6 is 11.8 Å². The van der Waals surface area contributed by atoms with Crippen molar-refractivity contribution in [2.45, 2.75) is 24.8 Å². The van der Waals surface area contributed by atoms with Crippen molar-refractivity contribution in [3.63, 3.8) is 0 Å². The summed E-state index contributed by atoms with van der Waals surface area (Å²) >= 11 is 1.42. The van der Waals surface area contributed by atoms with Gasteiger partial charge in [-0.2, -0.15) is 0 Å². The first kappa shape index (κ1) is 16.5. The van der Waals surface area contributed by atoms with Crippen LogP contribution in [0.25, 0.3) is 0 Å². The van der Waals surface area contributed by atoms with Gasteiger partial charge >= 0.3 is 5.97 Å². The molecule has 1 aromatic carbocycles. The number of rotatable bonds is 4. The molecule has 24 heavy (non-hydrogen) atoms. The van der Waals surface area contributed by atoms with Crippen molar-refractivity contribution in [3.05, 3.63) is 47.2 Å². The Balaban J connectivity index is 1.74. The zero-order valence-electron chi connectivity index (χ0n) is 13.0. The minimum Gasteiger partial charge on any atom is -0.477 e. The van der Waals surface area contributed by atoms with Crippen LogP contribution in [0.3, 0.4) is 0 Å². The minimum atomic E-state index is -1.14. The van der Waals surface area contributed by atoms with Crippen LogP contribution < -0.4 is 5.84 Å². The summed E-state index contributed by atoms with van der Waals surface area (Å²) in [6.45, 7) is 1.69. The van der Waals surface area contributed by atoms with Crippen molar-refractivity contribution in [1.29, 1.82) is 0 Å². The van der Waals surface area contributed by atoms with Crippen LogP contribution in [0.15, 0.2) is 41.6 Å². The van der Waals surface area contributed by atoms with Crippen LogP contribution in [-0.4, -0.2) is 50.0 Å². The predicted molar refractivity (Wildman–Crippen MR) is 88.4 cm³/mol. The summed E-state index contributed by atoms with van der Waals surface area (Å²) in [7, 11) is 0. The Morgan fingerprint density at radius 1 is 1.38 bits per heavy atom. The summed E-state index contributed by atoms with van der Waals surface area (Å²) in [5, 5.41) is 9.81.